The first-order chi connectivity index (χ1) is 14.5. The summed E-state index contributed by atoms with van der Waals surface area (Å²) in [5.74, 6) is 1.33. The summed E-state index contributed by atoms with van der Waals surface area (Å²) in [6.07, 6.45) is 1.31. The Labute approximate surface area is 182 Å². The highest BCUT2D eigenvalue weighted by molar-refractivity contribution is 7.93. The lowest BCUT2D eigenvalue weighted by atomic mass is 9.82. The average molecular weight is 448 g/mol. The quantitative estimate of drug-likeness (QED) is 0.694. The van der Waals surface area contributed by atoms with Gasteiger partial charge in [0.15, 0.2) is 15.7 Å². The molecule has 1 unspecified atom stereocenters. The van der Waals surface area contributed by atoms with Gasteiger partial charge in [-0.2, -0.15) is 4.98 Å². The zero-order valence-electron chi connectivity index (χ0n) is 18.4. The summed E-state index contributed by atoms with van der Waals surface area (Å²) in [5, 5.41) is 4.08. The highest BCUT2D eigenvalue weighted by Gasteiger charge is 2.64. The summed E-state index contributed by atoms with van der Waals surface area (Å²) in [7, 11) is -1.73. The van der Waals surface area contributed by atoms with Crippen molar-refractivity contribution in [2.45, 2.75) is 50.7 Å². The number of likely N-dealkylation sites (tertiary alicyclic amines) is 1. The van der Waals surface area contributed by atoms with E-state index in [0.717, 1.165) is 11.3 Å². The molecule has 1 amide bonds. The van der Waals surface area contributed by atoms with Crippen LogP contribution in [0.4, 0.5) is 0 Å². The van der Waals surface area contributed by atoms with Crippen LogP contribution in [0.3, 0.4) is 0 Å². The smallest absolute Gasteiger partial charge is 0.231 e. The molecule has 8 nitrogen and oxygen atoms in total. The van der Waals surface area contributed by atoms with Gasteiger partial charge in [-0.05, 0) is 29.5 Å². The Bertz CT molecular complexity index is 1060. The number of rotatable bonds is 5. The lowest BCUT2D eigenvalue weighted by Crippen LogP contribution is -2.67. The van der Waals surface area contributed by atoms with Gasteiger partial charge in [0.05, 0.1) is 18.8 Å². The maximum atomic E-state index is 12.9. The largest absolute Gasteiger partial charge is 0.497 e. The Morgan fingerprint density at radius 1 is 1.26 bits per heavy atom. The van der Waals surface area contributed by atoms with Crippen molar-refractivity contribution in [2.75, 3.05) is 26.0 Å². The minimum absolute atomic E-state index is 0.00954. The van der Waals surface area contributed by atoms with Crippen LogP contribution < -0.4 is 4.74 Å². The van der Waals surface area contributed by atoms with E-state index in [2.05, 4.69) is 10.1 Å². The minimum Gasteiger partial charge on any atom is -0.497 e. The van der Waals surface area contributed by atoms with Crippen LogP contribution >= 0.6 is 0 Å². The van der Waals surface area contributed by atoms with Gasteiger partial charge < -0.3 is 14.2 Å². The number of methoxy groups -OCH3 is 1. The van der Waals surface area contributed by atoms with Gasteiger partial charge >= 0.3 is 0 Å². The second-order valence-electron chi connectivity index (χ2n) is 9.79. The molecule has 1 aromatic heterocycles. The van der Waals surface area contributed by atoms with Gasteiger partial charge in [0.1, 0.15) is 10.5 Å². The molecule has 0 radical (unpaired) electrons. The molecule has 2 aliphatic rings. The fourth-order valence-corrected chi connectivity index (χ4v) is 6.78. The predicted molar refractivity (Wildman–Crippen MR) is 115 cm³/mol. The van der Waals surface area contributed by atoms with Crippen LogP contribution in [0.2, 0.25) is 0 Å². The van der Waals surface area contributed by atoms with E-state index in [4.69, 9.17) is 9.26 Å². The molecule has 0 aliphatic carbocycles. The lowest BCUT2D eigenvalue weighted by Gasteiger charge is -2.49. The third-order valence-electron chi connectivity index (χ3n) is 6.18. The number of hydrogen-bond acceptors (Lipinski definition) is 7. The van der Waals surface area contributed by atoms with Crippen molar-refractivity contribution in [3.8, 4) is 5.75 Å². The van der Waals surface area contributed by atoms with Crippen molar-refractivity contribution in [1.82, 2.24) is 15.0 Å². The van der Waals surface area contributed by atoms with Gasteiger partial charge in [0.25, 0.3) is 0 Å². The molecule has 0 bridgehead atoms. The lowest BCUT2D eigenvalue weighted by molar-refractivity contribution is -0.138. The van der Waals surface area contributed by atoms with Crippen LogP contribution in [0.1, 0.15) is 56.8 Å². The molecule has 1 spiro atoms. The standard InChI is InChI=1S/C22H29N3O5S/c1-21(2,3)12-19(26)25-13-22(14-25)17(9-10-31(22,27)28)20-23-18(24-30-20)11-15-5-7-16(29-4)8-6-15/h5-8,17H,9-14H2,1-4H3. The number of nitrogens with zero attached hydrogens (tertiary/aromatic N) is 3. The zero-order valence-corrected chi connectivity index (χ0v) is 19.2. The predicted octanol–water partition coefficient (Wildman–Crippen LogP) is 2.59. The van der Waals surface area contributed by atoms with Crippen LogP contribution in [0.15, 0.2) is 28.8 Å². The third kappa shape index (κ3) is 4.07. The fourth-order valence-electron chi connectivity index (χ4n) is 4.47. The molecular weight excluding hydrogens is 418 g/mol. The van der Waals surface area contributed by atoms with E-state index in [9.17, 15) is 13.2 Å². The second kappa shape index (κ2) is 7.62. The van der Waals surface area contributed by atoms with E-state index in [1.807, 2.05) is 45.0 Å². The number of benzene rings is 1. The number of amides is 1. The Kier molecular flexibility index (Phi) is 5.36. The molecule has 0 N–H and O–H groups in total. The van der Waals surface area contributed by atoms with E-state index in [1.165, 1.54) is 0 Å². The van der Waals surface area contributed by atoms with Crippen LogP contribution in [0.5, 0.6) is 5.75 Å². The molecule has 3 heterocycles. The second-order valence-corrected chi connectivity index (χ2v) is 12.2. The highest BCUT2D eigenvalue weighted by atomic mass is 32.2. The van der Waals surface area contributed by atoms with Gasteiger partial charge in [-0.3, -0.25) is 4.79 Å². The van der Waals surface area contributed by atoms with Gasteiger partial charge in [-0.25, -0.2) is 8.42 Å². The Morgan fingerprint density at radius 2 is 1.94 bits per heavy atom. The van der Waals surface area contributed by atoms with Gasteiger partial charge in [-0.1, -0.05) is 38.1 Å². The van der Waals surface area contributed by atoms with Crippen molar-refractivity contribution >= 4 is 15.7 Å². The summed E-state index contributed by atoms with van der Waals surface area (Å²) >= 11 is 0. The summed E-state index contributed by atoms with van der Waals surface area (Å²) in [6.45, 7) is 6.39. The molecule has 168 valence electrons. The molecule has 2 saturated heterocycles. The van der Waals surface area contributed by atoms with E-state index >= 15 is 0 Å². The van der Waals surface area contributed by atoms with Gasteiger partial charge in [0.2, 0.25) is 11.8 Å². The normalized spacial score (nSPS) is 21.8. The van der Waals surface area contributed by atoms with Crippen molar-refractivity contribution in [2.24, 2.45) is 5.41 Å². The first-order valence-corrected chi connectivity index (χ1v) is 12.1. The fraction of sp³-hybridized carbons (Fsp3) is 0.591. The number of carbonyl (C=O) groups is 1. The topological polar surface area (TPSA) is 103 Å². The number of ether oxygens (including phenoxy) is 1. The molecule has 2 aromatic rings. The molecule has 9 heteroatoms. The van der Waals surface area contributed by atoms with Crippen molar-refractivity contribution in [3.05, 3.63) is 41.5 Å². The third-order valence-corrected chi connectivity index (χ3v) is 8.74. The Morgan fingerprint density at radius 3 is 2.55 bits per heavy atom. The molecular formula is C22H29N3O5S. The highest BCUT2D eigenvalue weighted by Crippen LogP contribution is 2.49. The molecule has 2 aliphatic heterocycles. The molecule has 1 aromatic carbocycles. The van der Waals surface area contributed by atoms with Crippen molar-refractivity contribution in [3.63, 3.8) is 0 Å². The van der Waals surface area contributed by atoms with Gasteiger partial charge in [-0.15, -0.1) is 0 Å². The Hall–Kier alpha value is -2.42. The molecule has 4 rings (SSSR count). The van der Waals surface area contributed by atoms with Crippen LogP contribution in [0.25, 0.3) is 0 Å². The first kappa shape index (κ1) is 21.8. The molecule has 1 atom stereocenters. The Balaban J connectivity index is 1.50. The summed E-state index contributed by atoms with van der Waals surface area (Å²) in [5.41, 5.74) is 0.862. The van der Waals surface area contributed by atoms with Crippen molar-refractivity contribution < 1.29 is 22.5 Å². The number of hydrogen-bond donors (Lipinski definition) is 0. The maximum Gasteiger partial charge on any atom is 0.231 e. The molecule has 31 heavy (non-hydrogen) atoms. The SMILES string of the molecule is COc1ccc(Cc2noc(C3CCS(=O)(=O)C34CN(C(=O)CC(C)(C)C)C4)n2)cc1. The van der Waals surface area contributed by atoms with Crippen LogP contribution in [-0.4, -0.2) is 60.1 Å². The first-order valence-electron chi connectivity index (χ1n) is 10.5. The monoisotopic (exact) mass is 447 g/mol. The summed E-state index contributed by atoms with van der Waals surface area (Å²) in [6, 6.07) is 7.60. The minimum atomic E-state index is -3.35. The number of carbonyl (C=O) groups excluding carboxylic acids is 1. The average Bonchev–Trinajstić information content (AvgIpc) is 3.20. The van der Waals surface area contributed by atoms with Crippen LogP contribution in [-0.2, 0) is 21.1 Å². The number of aromatic nitrogens is 2. The maximum absolute atomic E-state index is 12.9. The van der Waals surface area contributed by atoms with E-state index < -0.39 is 14.6 Å². The summed E-state index contributed by atoms with van der Waals surface area (Å²) in [4.78, 5) is 18.7. The van der Waals surface area contributed by atoms with Crippen molar-refractivity contribution in [1.29, 1.82) is 0 Å². The zero-order chi connectivity index (χ0) is 22.4. The van der Waals surface area contributed by atoms with E-state index in [-0.39, 0.29) is 36.1 Å². The molecule has 2 fully saturated rings. The van der Waals surface area contributed by atoms with E-state index in [1.54, 1.807) is 12.0 Å². The van der Waals surface area contributed by atoms with Crippen LogP contribution in [0, 0.1) is 5.41 Å². The van der Waals surface area contributed by atoms with E-state index in [0.29, 0.717) is 31.0 Å². The molecule has 0 saturated carbocycles. The number of sulfone groups is 1. The summed E-state index contributed by atoms with van der Waals surface area (Å²) < 4.78 is 35.5. The van der Waals surface area contributed by atoms with Gasteiger partial charge in [0, 0.05) is 25.9 Å².